The van der Waals surface area contributed by atoms with Gasteiger partial charge < -0.3 is 4.74 Å². The molecule has 0 saturated heterocycles. The number of benzene rings is 1. The SMILES string of the molecule is CC.Fc1cc(Cl)cc2c1OCC2. The van der Waals surface area contributed by atoms with E-state index in [0.29, 0.717) is 17.4 Å². The molecular formula is C10H12ClFO. The molecule has 13 heavy (non-hydrogen) atoms. The van der Waals surface area contributed by atoms with Gasteiger partial charge in [-0.2, -0.15) is 0 Å². The molecule has 72 valence electrons. The Morgan fingerprint density at radius 2 is 2.08 bits per heavy atom. The Labute approximate surface area is 82.5 Å². The predicted molar refractivity (Wildman–Crippen MR) is 52.0 cm³/mol. The van der Waals surface area contributed by atoms with Crippen LogP contribution in [-0.4, -0.2) is 6.61 Å². The second-order valence-corrected chi connectivity index (χ2v) is 2.91. The first-order chi connectivity index (χ1) is 6.27. The number of hydrogen-bond donors (Lipinski definition) is 0. The molecule has 1 aromatic rings. The zero-order valence-corrected chi connectivity index (χ0v) is 8.49. The molecule has 0 saturated carbocycles. The maximum Gasteiger partial charge on any atom is 0.166 e. The largest absolute Gasteiger partial charge is 0.490 e. The van der Waals surface area contributed by atoms with Crippen LogP contribution in [0.2, 0.25) is 5.02 Å². The minimum Gasteiger partial charge on any atom is -0.490 e. The molecule has 1 aromatic carbocycles. The zero-order chi connectivity index (χ0) is 9.84. The Hall–Kier alpha value is -0.760. The average Bonchev–Trinajstić information content (AvgIpc) is 2.55. The maximum absolute atomic E-state index is 12.9. The third kappa shape index (κ3) is 2.13. The van der Waals surface area contributed by atoms with E-state index in [0.717, 1.165) is 12.0 Å². The lowest BCUT2D eigenvalue weighted by Gasteiger charge is -1.99. The van der Waals surface area contributed by atoms with Crippen molar-refractivity contribution in [2.45, 2.75) is 20.3 Å². The number of fused-ring (bicyclic) bond motifs is 1. The van der Waals surface area contributed by atoms with Gasteiger partial charge in [0.05, 0.1) is 6.61 Å². The van der Waals surface area contributed by atoms with E-state index in [4.69, 9.17) is 16.3 Å². The normalized spacial score (nSPS) is 12.6. The van der Waals surface area contributed by atoms with Crippen molar-refractivity contribution in [3.8, 4) is 5.75 Å². The fourth-order valence-corrected chi connectivity index (χ4v) is 1.45. The van der Waals surface area contributed by atoms with Gasteiger partial charge in [-0.15, -0.1) is 0 Å². The average molecular weight is 203 g/mol. The molecule has 0 aromatic heterocycles. The van der Waals surface area contributed by atoms with Gasteiger partial charge in [-0.05, 0) is 12.1 Å². The zero-order valence-electron chi connectivity index (χ0n) is 7.73. The van der Waals surface area contributed by atoms with Crippen molar-refractivity contribution in [3.63, 3.8) is 0 Å². The van der Waals surface area contributed by atoms with E-state index in [2.05, 4.69) is 0 Å². The molecule has 0 N–H and O–H groups in total. The lowest BCUT2D eigenvalue weighted by atomic mass is 10.2. The highest BCUT2D eigenvalue weighted by Crippen LogP contribution is 2.31. The van der Waals surface area contributed by atoms with Crippen LogP contribution in [-0.2, 0) is 6.42 Å². The summed E-state index contributed by atoms with van der Waals surface area (Å²) < 4.78 is 18.0. The van der Waals surface area contributed by atoms with Gasteiger partial charge in [0.15, 0.2) is 11.6 Å². The van der Waals surface area contributed by atoms with Crippen molar-refractivity contribution >= 4 is 11.6 Å². The Morgan fingerprint density at radius 1 is 1.38 bits per heavy atom. The first kappa shape index (κ1) is 10.3. The molecule has 1 aliphatic heterocycles. The van der Waals surface area contributed by atoms with E-state index in [1.807, 2.05) is 13.8 Å². The Morgan fingerprint density at radius 3 is 2.77 bits per heavy atom. The lowest BCUT2D eigenvalue weighted by Crippen LogP contribution is -1.88. The van der Waals surface area contributed by atoms with E-state index in [1.165, 1.54) is 6.07 Å². The van der Waals surface area contributed by atoms with Gasteiger partial charge in [0.25, 0.3) is 0 Å². The molecule has 0 spiro atoms. The summed E-state index contributed by atoms with van der Waals surface area (Å²) in [7, 11) is 0. The summed E-state index contributed by atoms with van der Waals surface area (Å²) in [5.41, 5.74) is 0.870. The summed E-state index contributed by atoms with van der Waals surface area (Å²) in [6.07, 6.45) is 0.757. The first-order valence-electron chi connectivity index (χ1n) is 4.38. The summed E-state index contributed by atoms with van der Waals surface area (Å²) in [6, 6.07) is 3.01. The van der Waals surface area contributed by atoms with Crippen LogP contribution < -0.4 is 4.74 Å². The summed E-state index contributed by atoms with van der Waals surface area (Å²) in [6.45, 7) is 4.56. The second kappa shape index (κ2) is 4.47. The van der Waals surface area contributed by atoms with Crippen molar-refractivity contribution in [2.24, 2.45) is 0 Å². The van der Waals surface area contributed by atoms with Gasteiger partial charge in [0.1, 0.15) is 0 Å². The van der Waals surface area contributed by atoms with Crippen molar-refractivity contribution in [1.82, 2.24) is 0 Å². The van der Waals surface area contributed by atoms with Crippen LogP contribution >= 0.6 is 11.6 Å². The topological polar surface area (TPSA) is 9.23 Å². The second-order valence-electron chi connectivity index (χ2n) is 2.47. The number of ether oxygens (including phenoxy) is 1. The van der Waals surface area contributed by atoms with E-state index in [-0.39, 0.29) is 5.82 Å². The van der Waals surface area contributed by atoms with Crippen LogP contribution in [0, 0.1) is 5.82 Å². The third-order valence-electron chi connectivity index (χ3n) is 1.70. The lowest BCUT2D eigenvalue weighted by molar-refractivity contribution is 0.339. The van der Waals surface area contributed by atoms with Crippen molar-refractivity contribution < 1.29 is 9.13 Å². The van der Waals surface area contributed by atoms with Crippen molar-refractivity contribution in [3.05, 3.63) is 28.5 Å². The highest BCUT2D eigenvalue weighted by molar-refractivity contribution is 6.30. The molecule has 1 nitrogen and oxygen atoms in total. The van der Waals surface area contributed by atoms with Crippen LogP contribution in [0.3, 0.4) is 0 Å². The first-order valence-corrected chi connectivity index (χ1v) is 4.76. The highest BCUT2D eigenvalue weighted by Gasteiger charge is 2.16. The van der Waals surface area contributed by atoms with Crippen LogP contribution in [0.25, 0.3) is 0 Å². The number of hydrogen-bond acceptors (Lipinski definition) is 1. The van der Waals surface area contributed by atoms with Gasteiger partial charge in [0.2, 0.25) is 0 Å². The molecule has 3 heteroatoms. The third-order valence-corrected chi connectivity index (χ3v) is 1.92. The molecule has 2 rings (SSSR count). The Balaban J connectivity index is 0.000000396. The van der Waals surface area contributed by atoms with Crippen molar-refractivity contribution in [2.75, 3.05) is 6.61 Å². The number of halogens is 2. The monoisotopic (exact) mass is 202 g/mol. The minimum absolute atomic E-state index is 0.356. The van der Waals surface area contributed by atoms with Gasteiger partial charge in [-0.3, -0.25) is 0 Å². The Kier molecular flexibility index (Phi) is 3.55. The minimum atomic E-state index is -0.356. The molecule has 1 aliphatic rings. The van der Waals surface area contributed by atoms with E-state index >= 15 is 0 Å². The molecule has 1 heterocycles. The molecule has 0 aliphatic carbocycles. The van der Waals surface area contributed by atoms with Crippen LogP contribution in [0.5, 0.6) is 5.75 Å². The Bertz CT molecular complexity index is 299. The van der Waals surface area contributed by atoms with E-state index in [1.54, 1.807) is 6.07 Å². The summed E-state index contributed by atoms with van der Waals surface area (Å²) in [5, 5.41) is 0.437. The molecule has 0 amide bonds. The molecule has 0 bridgehead atoms. The van der Waals surface area contributed by atoms with Crippen LogP contribution in [0.15, 0.2) is 12.1 Å². The molecular weight excluding hydrogens is 191 g/mol. The fourth-order valence-electron chi connectivity index (χ4n) is 1.22. The molecule has 0 radical (unpaired) electrons. The molecule has 0 atom stereocenters. The molecule has 0 unspecified atom stereocenters. The summed E-state index contributed by atoms with van der Waals surface area (Å²) in [5.74, 6) is 0.0133. The molecule has 0 fully saturated rings. The predicted octanol–water partition coefficient (Wildman–Crippen LogP) is 3.44. The van der Waals surface area contributed by atoms with E-state index < -0.39 is 0 Å². The van der Waals surface area contributed by atoms with Crippen LogP contribution in [0.1, 0.15) is 19.4 Å². The van der Waals surface area contributed by atoms with E-state index in [9.17, 15) is 4.39 Å². The quantitative estimate of drug-likeness (QED) is 0.626. The van der Waals surface area contributed by atoms with Gasteiger partial charge in [-0.1, -0.05) is 25.4 Å². The van der Waals surface area contributed by atoms with Crippen molar-refractivity contribution in [1.29, 1.82) is 0 Å². The number of rotatable bonds is 0. The highest BCUT2D eigenvalue weighted by atomic mass is 35.5. The van der Waals surface area contributed by atoms with Gasteiger partial charge >= 0.3 is 0 Å². The van der Waals surface area contributed by atoms with Gasteiger partial charge in [-0.25, -0.2) is 4.39 Å². The fraction of sp³-hybridized carbons (Fsp3) is 0.400. The maximum atomic E-state index is 12.9. The summed E-state index contributed by atoms with van der Waals surface area (Å²) in [4.78, 5) is 0. The standard InChI is InChI=1S/C8H6ClFO.C2H6/c9-6-3-5-1-2-11-8(5)7(10)4-6;1-2/h3-4H,1-2H2;1-2H3. The summed E-state index contributed by atoms with van der Waals surface area (Å²) >= 11 is 5.63. The van der Waals surface area contributed by atoms with Crippen LogP contribution in [0.4, 0.5) is 4.39 Å². The van der Waals surface area contributed by atoms with Gasteiger partial charge in [0, 0.05) is 17.0 Å². The smallest absolute Gasteiger partial charge is 0.166 e.